The van der Waals surface area contributed by atoms with Crippen LogP contribution in [0, 0.1) is 5.82 Å². The Kier molecular flexibility index (Phi) is 3.11. The van der Waals surface area contributed by atoms with Gasteiger partial charge in [-0.15, -0.1) is 0 Å². The predicted molar refractivity (Wildman–Crippen MR) is 75.6 cm³/mol. The van der Waals surface area contributed by atoms with Gasteiger partial charge in [0.25, 0.3) is 0 Å². The molecular formula is C16H16FNO. The molecule has 0 aliphatic heterocycles. The van der Waals surface area contributed by atoms with Crippen molar-refractivity contribution in [2.75, 3.05) is 12.4 Å². The molecule has 0 amide bonds. The van der Waals surface area contributed by atoms with E-state index >= 15 is 0 Å². The lowest BCUT2D eigenvalue weighted by atomic mass is 10.00. The maximum atomic E-state index is 13.9. The minimum Gasteiger partial charge on any atom is -0.465 e. The van der Waals surface area contributed by atoms with Gasteiger partial charge in [0.2, 0.25) is 0 Å². The zero-order valence-corrected chi connectivity index (χ0v) is 10.8. The van der Waals surface area contributed by atoms with E-state index in [1.54, 1.807) is 19.4 Å². The van der Waals surface area contributed by atoms with E-state index < -0.39 is 0 Å². The molecule has 1 aromatic heterocycles. The highest BCUT2D eigenvalue weighted by molar-refractivity contribution is 5.78. The van der Waals surface area contributed by atoms with Gasteiger partial charge in [-0.1, -0.05) is 6.07 Å². The predicted octanol–water partition coefficient (Wildman–Crippen LogP) is 4.51. The summed E-state index contributed by atoms with van der Waals surface area (Å²) in [6, 6.07) is 7.16. The van der Waals surface area contributed by atoms with Crippen LogP contribution >= 0.6 is 0 Å². The fourth-order valence-electron chi connectivity index (χ4n) is 2.34. The summed E-state index contributed by atoms with van der Waals surface area (Å²) >= 11 is 0. The molecule has 0 radical (unpaired) electrons. The van der Waals surface area contributed by atoms with Gasteiger partial charge in [-0.2, -0.15) is 0 Å². The summed E-state index contributed by atoms with van der Waals surface area (Å²) in [7, 11) is 1.75. The third-order valence-corrected chi connectivity index (χ3v) is 3.45. The van der Waals surface area contributed by atoms with Gasteiger partial charge in [-0.25, -0.2) is 4.39 Å². The van der Waals surface area contributed by atoms with Crippen LogP contribution in [0.1, 0.15) is 35.6 Å². The van der Waals surface area contributed by atoms with Crippen LogP contribution in [0.25, 0.3) is 12.2 Å². The van der Waals surface area contributed by atoms with E-state index in [4.69, 9.17) is 4.42 Å². The Labute approximate surface area is 111 Å². The first kappa shape index (κ1) is 12.0. The number of furan rings is 1. The number of anilines is 1. The molecule has 1 N–H and O–H groups in total. The Balaban J connectivity index is 2.03. The topological polar surface area (TPSA) is 25.2 Å². The molecule has 0 saturated heterocycles. The monoisotopic (exact) mass is 257 g/mol. The van der Waals surface area contributed by atoms with Crippen molar-refractivity contribution < 1.29 is 8.81 Å². The maximum absolute atomic E-state index is 13.9. The second kappa shape index (κ2) is 4.92. The highest BCUT2D eigenvalue weighted by Crippen LogP contribution is 2.44. The van der Waals surface area contributed by atoms with Crippen LogP contribution in [0.4, 0.5) is 10.1 Å². The Hall–Kier alpha value is -2.03. The second-order valence-electron chi connectivity index (χ2n) is 4.80. The van der Waals surface area contributed by atoms with Gasteiger partial charge in [-0.05, 0) is 54.7 Å². The van der Waals surface area contributed by atoms with Crippen LogP contribution in [-0.4, -0.2) is 7.05 Å². The lowest BCUT2D eigenvalue weighted by Crippen LogP contribution is -1.99. The lowest BCUT2D eigenvalue weighted by Gasteiger charge is -2.12. The van der Waals surface area contributed by atoms with Crippen LogP contribution in [0.2, 0.25) is 0 Å². The smallest absolute Gasteiger partial charge is 0.146 e. The Morgan fingerprint density at radius 1 is 1.26 bits per heavy atom. The van der Waals surface area contributed by atoms with E-state index in [1.165, 1.54) is 18.4 Å². The summed E-state index contributed by atoms with van der Waals surface area (Å²) < 4.78 is 19.1. The third kappa shape index (κ3) is 2.41. The van der Waals surface area contributed by atoms with Gasteiger partial charge in [0.1, 0.15) is 11.6 Å². The Morgan fingerprint density at radius 3 is 2.74 bits per heavy atom. The van der Waals surface area contributed by atoms with Gasteiger partial charge < -0.3 is 9.73 Å². The van der Waals surface area contributed by atoms with Crippen molar-refractivity contribution in [3.8, 4) is 0 Å². The zero-order chi connectivity index (χ0) is 13.2. The van der Waals surface area contributed by atoms with E-state index in [2.05, 4.69) is 5.32 Å². The molecule has 0 bridgehead atoms. The fraction of sp³-hybridized carbons (Fsp3) is 0.250. The number of benzene rings is 1. The molecule has 0 atom stereocenters. The van der Waals surface area contributed by atoms with Gasteiger partial charge >= 0.3 is 0 Å². The maximum Gasteiger partial charge on any atom is 0.146 e. The molecule has 19 heavy (non-hydrogen) atoms. The van der Waals surface area contributed by atoms with E-state index in [1.807, 2.05) is 30.4 Å². The molecule has 1 aliphatic rings. The van der Waals surface area contributed by atoms with Crippen LogP contribution in [-0.2, 0) is 0 Å². The summed E-state index contributed by atoms with van der Waals surface area (Å²) in [5, 5.41) is 2.96. The molecule has 3 rings (SSSR count). The zero-order valence-electron chi connectivity index (χ0n) is 10.8. The summed E-state index contributed by atoms with van der Waals surface area (Å²) in [6.45, 7) is 0. The first-order valence-corrected chi connectivity index (χ1v) is 6.51. The molecule has 1 saturated carbocycles. The first-order chi connectivity index (χ1) is 9.29. The van der Waals surface area contributed by atoms with Crippen molar-refractivity contribution >= 4 is 17.8 Å². The summed E-state index contributed by atoms with van der Waals surface area (Å²) in [5.74, 6) is 1.13. The first-order valence-electron chi connectivity index (χ1n) is 6.51. The van der Waals surface area contributed by atoms with Crippen molar-refractivity contribution in [3.05, 3.63) is 53.2 Å². The normalized spacial score (nSPS) is 15.1. The largest absolute Gasteiger partial charge is 0.465 e. The van der Waals surface area contributed by atoms with E-state index in [9.17, 15) is 4.39 Å². The van der Waals surface area contributed by atoms with Gasteiger partial charge in [-0.3, -0.25) is 0 Å². The van der Waals surface area contributed by atoms with Crippen LogP contribution in [0.3, 0.4) is 0 Å². The molecule has 3 heteroatoms. The average molecular weight is 257 g/mol. The molecule has 1 aliphatic carbocycles. The molecular weight excluding hydrogens is 241 g/mol. The standard InChI is InChI=1S/C16H16FNO/c1-18-16-14(7-6-12-3-2-10-19-12)13(11-4-5-11)8-9-15(16)17/h2-3,6-11,18H,4-5H2,1H3/b7-6+. The van der Waals surface area contributed by atoms with Gasteiger partial charge in [0, 0.05) is 12.6 Å². The summed E-state index contributed by atoms with van der Waals surface area (Å²) in [6.07, 6.45) is 7.82. The van der Waals surface area contributed by atoms with Gasteiger partial charge in [0.15, 0.2) is 0 Å². The van der Waals surface area contributed by atoms with Gasteiger partial charge in [0.05, 0.1) is 12.0 Å². The molecule has 1 fully saturated rings. The lowest BCUT2D eigenvalue weighted by molar-refractivity contribution is 0.557. The molecule has 0 spiro atoms. The number of halogens is 1. The summed E-state index contributed by atoms with van der Waals surface area (Å²) in [4.78, 5) is 0. The van der Waals surface area contributed by atoms with Crippen molar-refractivity contribution in [3.63, 3.8) is 0 Å². The highest BCUT2D eigenvalue weighted by Gasteiger charge is 2.27. The number of hydrogen-bond donors (Lipinski definition) is 1. The van der Waals surface area contributed by atoms with Crippen molar-refractivity contribution in [2.24, 2.45) is 0 Å². The van der Waals surface area contributed by atoms with E-state index in [-0.39, 0.29) is 5.82 Å². The third-order valence-electron chi connectivity index (χ3n) is 3.45. The molecule has 0 unspecified atom stereocenters. The molecule has 98 valence electrons. The highest BCUT2D eigenvalue weighted by atomic mass is 19.1. The Bertz CT molecular complexity index is 597. The summed E-state index contributed by atoms with van der Waals surface area (Å²) in [5.41, 5.74) is 2.71. The van der Waals surface area contributed by atoms with Crippen molar-refractivity contribution in [2.45, 2.75) is 18.8 Å². The average Bonchev–Trinajstić information content (AvgIpc) is 3.12. The number of nitrogens with one attached hydrogen (secondary N) is 1. The second-order valence-corrected chi connectivity index (χ2v) is 4.80. The minimum absolute atomic E-state index is 0.217. The molecule has 1 aromatic carbocycles. The number of hydrogen-bond acceptors (Lipinski definition) is 2. The van der Waals surface area contributed by atoms with E-state index in [0.29, 0.717) is 11.6 Å². The fourth-order valence-corrected chi connectivity index (χ4v) is 2.34. The minimum atomic E-state index is -0.217. The van der Waals surface area contributed by atoms with Crippen LogP contribution in [0.15, 0.2) is 34.9 Å². The molecule has 1 heterocycles. The van der Waals surface area contributed by atoms with Crippen molar-refractivity contribution in [1.82, 2.24) is 0 Å². The quantitative estimate of drug-likeness (QED) is 0.871. The molecule has 2 nitrogen and oxygen atoms in total. The van der Waals surface area contributed by atoms with Crippen molar-refractivity contribution in [1.29, 1.82) is 0 Å². The van der Waals surface area contributed by atoms with Crippen LogP contribution < -0.4 is 5.32 Å². The Morgan fingerprint density at radius 2 is 2.11 bits per heavy atom. The number of rotatable bonds is 4. The molecule has 2 aromatic rings. The van der Waals surface area contributed by atoms with E-state index in [0.717, 1.165) is 11.3 Å². The SMILES string of the molecule is CNc1c(F)ccc(C2CC2)c1/C=C/c1ccco1. The van der Waals surface area contributed by atoms with Crippen LogP contribution in [0.5, 0.6) is 0 Å².